The fourth-order valence-corrected chi connectivity index (χ4v) is 2.74. The highest BCUT2D eigenvalue weighted by Gasteiger charge is 2.15. The van der Waals surface area contributed by atoms with Gasteiger partial charge in [0.15, 0.2) is 17.3 Å². The van der Waals surface area contributed by atoms with Crippen molar-refractivity contribution in [2.75, 3.05) is 7.11 Å². The second kappa shape index (κ2) is 6.50. The van der Waals surface area contributed by atoms with Gasteiger partial charge in [-0.25, -0.2) is 4.39 Å². The molecule has 5 heteroatoms. The molecule has 2 aromatic carbocycles. The maximum Gasteiger partial charge on any atom is 0.194 e. The van der Waals surface area contributed by atoms with Crippen LogP contribution in [0.1, 0.15) is 21.5 Å². The molecular weight excluding hydrogens is 391 g/mol. The van der Waals surface area contributed by atoms with Crippen molar-refractivity contribution in [3.63, 3.8) is 0 Å². The molecule has 0 saturated carbocycles. The highest BCUT2D eigenvalue weighted by Crippen LogP contribution is 2.25. The Labute approximate surface area is 133 Å². The second-order valence-corrected chi connectivity index (χ2v) is 5.54. The lowest BCUT2D eigenvalue weighted by Crippen LogP contribution is -2.04. The van der Waals surface area contributed by atoms with Crippen LogP contribution >= 0.6 is 31.9 Å². The summed E-state index contributed by atoms with van der Waals surface area (Å²) in [5.41, 5.74) is 1.84. The van der Waals surface area contributed by atoms with Crippen LogP contribution < -0.4 is 4.74 Å². The Morgan fingerprint density at radius 1 is 1.25 bits per heavy atom. The van der Waals surface area contributed by atoms with E-state index in [1.165, 1.54) is 19.2 Å². The van der Waals surface area contributed by atoms with Gasteiger partial charge in [0.25, 0.3) is 0 Å². The summed E-state index contributed by atoms with van der Waals surface area (Å²) in [5, 5.41) is 0.706. The van der Waals surface area contributed by atoms with Crippen LogP contribution in [-0.2, 0) is 5.33 Å². The monoisotopic (exact) mass is 400 g/mol. The van der Waals surface area contributed by atoms with E-state index in [9.17, 15) is 9.18 Å². The second-order valence-electron chi connectivity index (χ2n) is 4.13. The molecule has 0 fully saturated rings. The van der Waals surface area contributed by atoms with Crippen molar-refractivity contribution in [2.45, 2.75) is 5.33 Å². The lowest BCUT2D eigenvalue weighted by atomic mass is 10.0. The van der Waals surface area contributed by atoms with Gasteiger partial charge in [-0.1, -0.05) is 37.9 Å². The van der Waals surface area contributed by atoms with E-state index in [0.29, 0.717) is 15.4 Å². The molecule has 0 aromatic heterocycles. The van der Waals surface area contributed by atoms with Crippen LogP contribution in [-0.4, -0.2) is 12.9 Å². The Morgan fingerprint density at radius 2 is 2.00 bits per heavy atom. The minimum atomic E-state index is -0.549. The van der Waals surface area contributed by atoms with Gasteiger partial charge >= 0.3 is 0 Å². The molecule has 0 aliphatic carbocycles. The van der Waals surface area contributed by atoms with Gasteiger partial charge in [0.1, 0.15) is 0 Å². The summed E-state index contributed by atoms with van der Waals surface area (Å²) in [6, 6.07) is 9.63. The first kappa shape index (κ1) is 15.2. The quantitative estimate of drug-likeness (QED) is 0.547. The van der Waals surface area contributed by atoms with Gasteiger partial charge < -0.3 is 4.74 Å². The minimum Gasteiger partial charge on any atom is -0.494 e. The summed E-state index contributed by atoms with van der Waals surface area (Å²) in [6.07, 6.45) is 0. The normalized spacial score (nSPS) is 10.4. The third-order valence-corrected chi connectivity index (χ3v) is 4.15. The Balaban J connectivity index is 2.38. The molecule has 0 N–H and O–H groups in total. The topological polar surface area (TPSA) is 26.3 Å². The zero-order chi connectivity index (χ0) is 14.7. The highest BCUT2D eigenvalue weighted by atomic mass is 79.9. The van der Waals surface area contributed by atoms with E-state index in [-0.39, 0.29) is 17.1 Å². The molecule has 2 rings (SSSR count). The fraction of sp³-hybridized carbons (Fsp3) is 0.133. The maximum absolute atomic E-state index is 13.7. The largest absolute Gasteiger partial charge is 0.494 e. The van der Waals surface area contributed by atoms with Crippen molar-refractivity contribution in [3.05, 3.63) is 63.4 Å². The van der Waals surface area contributed by atoms with Crippen molar-refractivity contribution < 1.29 is 13.9 Å². The van der Waals surface area contributed by atoms with Crippen LogP contribution in [0.2, 0.25) is 0 Å². The summed E-state index contributed by atoms with van der Waals surface area (Å²) in [4.78, 5) is 12.4. The molecule has 2 aromatic rings. The van der Waals surface area contributed by atoms with Crippen molar-refractivity contribution >= 4 is 37.6 Å². The Bertz CT molecular complexity index is 656. The molecule has 20 heavy (non-hydrogen) atoms. The first-order chi connectivity index (χ1) is 9.56. The number of hydrogen-bond acceptors (Lipinski definition) is 2. The third-order valence-electron chi connectivity index (χ3n) is 2.85. The predicted octanol–water partition coefficient (Wildman–Crippen LogP) is 4.72. The Morgan fingerprint density at radius 3 is 2.55 bits per heavy atom. The van der Waals surface area contributed by atoms with E-state index < -0.39 is 5.82 Å². The molecule has 0 bridgehead atoms. The summed E-state index contributed by atoms with van der Waals surface area (Å²) in [5.74, 6) is -0.665. The maximum atomic E-state index is 13.7. The fourth-order valence-electron chi connectivity index (χ4n) is 1.79. The number of alkyl halides is 1. The molecule has 0 aliphatic rings. The summed E-state index contributed by atoms with van der Waals surface area (Å²) >= 11 is 6.73. The van der Waals surface area contributed by atoms with Gasteiger partial charge in [-0.2, -0.15) is 0 Å². The Kier molecular flexibility index (Phi) is 4.94. The average Bonchev–Trinajstić information content (AvgIpc) is 2.46. The van der Waals surface area contributed by atoms with Gasteiger partial charge in [0.2, 0.25) is 0 Å². The number of halogens is 3. The molecule has 0 spiro atoms. The predicted molar refractivity (Wildman–Crippen MR) is 83.2 cm³/mol. The summed E-state index contributed by atoms with van der Waals surface area (Å²) in [6.45, 7) is 0. The molecule has 0 radical (unpaired) electrons. The van der Waals surface area contributed by atoms with Crippen molar-refractivity contribution in [3.8, 4) is 5.75 Å². The lowest BCUT2D eigenvalue weighted by molar-refractivity contribution is 0.103. The van der Waals surface area contributed by atoms with Crippen LogP contribution in [0.4, 0.5) is 4.39 Å². The number of ether oxygens (including phenoxy) is 1. The number of rotatable bonds is 4. The number of carbonyl (C=O) groups is 1. The van der Waals surface area contributed by atoms with Crippen LogP contribution in [0.25, 0.3) is 0 Å². The zero-order valence-corrected chi connectivity index (χ0v) is 13.8. The average molecular weight is 402 g/mol. The summed E-state index contributed by atoms with van der Waals surface area (Å²) in [7, 11) is 1.38. The van der Waals surface area contributed by atoms with Crippen molar-refractivity contribution in [2.24, 2.45) is 0 Å². The van der Waals surface area contributed by atoms with E-state index in [0.717, 1.165) is 5.56 Å². The number of methoxy groups -OCH3 is 1. The molecule has 0 unspecified atom stereocenters. The number of carbonyl (C=O) groups excluding carboxylic acids is 1. The molecule has 2 nitrogen and oxygen atoms in total. The molecule has 104 valence electrons. The van der Waals surface area contributed by atoms with E-state index in [1.807, 2.05) is 12.1 Å². The van der Waals surface area contributed by atoms with Crippen LogP contribution in [0.15, 0.2) is 40.9 Å². The molecule has 0 heterocycles. The van der Waals surface area contributed by atoms with Gasteiger partial charge in [-0.3, -0.25) is 4.79 Å². The van der Waals surface area contributed by atoms with Gasteiger partial charge in [-0.15, -0.1) is 0 Å². The van der Waals surface area contributed by atoms with E-state index in [4.69, 9.17) is 4.74 Å². The lowest BCUT2D eigenvalue weighted by Gasteiger charge is -2.07. The van der Waals surface area contributed by atoms with Crippen LogP contribution in [0.5, 0.6) is 5.75 Å². The highest BCUT2D eigenvalue weighted by molar-refractivity contribution is 9.10. The third kappa shape index (κ3) is 3.10. The molecular formula is C15H11Br2FO2. The van der Waals surface area contributed by atoms with Crippen LogP contribution in [0, 0.1) is 5.82 Å². The van der Waals surface area contributed by atoms with E-state index in [1.54, 1.807) is 12.1 Å². The molecule has 0 atom stereocenters. The van der Waals surface area contributed by atoms with E-state index >= 15 is 0 Å². The SMILES string of the molecule is COc1ccc(C(=O)c2ccc(CBr)cc2Br)cc1F. The Hall–Kier alpha value is -1.20. The van der Waals surface area contributed by atoms with Gasteiger partial charge in [-0.05, 0) is 35.9 Å². The van der Waals surface area contributed by atoms with Crippen molar-refractivity contribution in [1.82, 2.24) is 0 Å². The smallest absolute Gasteiger partial charge is 0.194 e. The van der Waals surface area contributed by atoms with Gasteiger partial charge in [0, 0.05) is 20.9 Å². The zero-order valence-electron chi connectivity index (χ0n) is 10.6. The van der Waals surface area contributed by atoms with Gasteiger partial charge in [0.05, 0.1) is 7.11 Å². The summed E-state index contributed by atoms with van der Waals surface area (Å²) < 4.78 is 19.2. The molecule has 0 saturated heterocycles. The standard InChI is InChI=1S/C15H11Br2FO2/c1-20-14-5-3-10(7-13(14)18)15(19)11-4-2-9(8-16)6-12(11)17/h2-7H,8H2,1H3. The van der Waals surface area contributed by atoms with Crippen LogP contribution in [0.3, 0.4) is 0 Å². The van der Waals surface area contributed by atoms with Crippen molar-refractivity contribution in [1.29, 1.82) is 0 Å². The number of hydrogen-bond donors (Lipinski definition) is 0. The first-order valence-electron chi connectivity index (χ1n) is 5.79. The van der Waals surface area contributed by atoms with E-state index in [2.05, 4.69) is 31.9 Å². The number of benzene rings is 2. The molecule has 0 amide bonds. The number of ketones is 1. The minimum absolute atomic E-state index is 0.121. The first-order valence-corrected chi connectivity index (χ1v) is 7.71. The molecule has 0 aliphatic heterocycles.